The van der Waals surface area contributed by atoms with E-state index in [0.29, 0.717) is 28.5 Å². The molecule has 0 saturated carbocycles. The van der Waals surface area contributed by atoms with Crippen molar-refractivity contribution in [3.05, 3.63) is 52.2 Å². The number of aromatic nitrogens is 2. The van der Waals surface area contributed by atoms with Crippen molar-refractivity contribution in [3.63, 3.8) is 0 Å². The summed E-state index contributed by atoms with van der Waals surface area (Å²) >= 11 is 13.3. The molecule has 3 rings (SSSR count). The first-order chi connectivity index (χ1) is 12.6. The van der Waals surface area contributed by atoms with Gasteiger partial charge in [0.15, 0.2) is 5.11 Å². The normalized spacial score (nSPS) is 10.7. The van der Waals surface area contributed by atoms with Crippen LogP contribution < -0.4 is 5.32 Å². The Balaban J connectivity index is 1.70. The minimum atomic E-state index is 0.456. The molecule has 0 spiro atoms. The highest BCUT2D eigenvalue weighted by Crippen LogP contribution is 2.24. The first-order valence-electron chi connectivity index (χ1n) is 8.25. The lowest BCUT2D eigenvalue weighted by Gasteiger charge is -2.24. The Morgan fingerprint density at radius 1 is 1.35 bits per heavy atom. The molecular weight excluding hydrogens is 388 g/mol. The Bertz CT molecular complexity index is 879. The van der Waals surface area contributed by atoms with Crippen molar-refractivity contribution < 1.29 is 4.42 Å². The molecular formula is C18H19ClN4OS2. The maximum Gasteiger partial charge on any atom is 0.257 e. The van der Waals surface area contributed by atoms with Crippen LogP contribution in [0.15, 0.2) is 40.1 Å². The van der Waals surface area contributed by atoms with E-state index in [4.69, 9.17) is 28.2 Å². The number of anilines is 1. The van der Waals surface area contributed by atoms with Gasteiger partial charge in [-0.15, -0.1) is 21.5 Å². The third-order valence-electron chi connectivity index (χ3n) is 3.73. The molecule has 0 aliphatic heterocycles. The number of nitrogens with one attached hydrogen (secondary N) is 1. The number of halogens is 1. The van der Waals surface area contributed by atoms with E-state index in [2.05, 4.69) is 22.4 Å². The fourth-order valence-corrected chi connectivity index (χ4v) is 3.47. The second-order valence-electron chi connectivity index (χ2n) is 5.79. The molecule has 136 valence electrons. The average Bonchev–Trinajstić information content (AvgIpc) is 3.29. The third-order valence-corrected chi connectivity index (χ3v) is 5.35. The molecule has 0 fully saturated rings. The smallest absolute Gasteiger partial charge is 0.257 e. The van der Waals surface area contributed by atoms with Crippen LogP contribution in [0.3, 0.4) is 0 Å². The first kappa shape index (κ1) is 18.8. The topological polar surface area (TPSA) is 54.2 Å². The summed E-state index contributed by atoms with van der Waals surface area (Å²) in [5.74, 6) is 1.07. The van der Waals surface area contributed by atoms with Gasteiger partial charge in [-0.05, 0) is 54.7 Å². The van der Waals surface area contributed by atoms with Crippen LogP contribution in [0.25, 0.3) is 10.8 Å². The van der Waals surface area contributed by atoms with Gasteiger partial charge in [-0.1, -0.05) is 30.7 Å². The molecule has 0 amide bonds. The molecule has 0 unspecified atom stereocenters. The minimum Gasteiger partial charge on any atom is -0.418 e. The molecule has 3 aromatic rings. The molecule has 0 bridgehead atoms. The number of rotatable bonds is 6. The van der Waals surface area contributed by atoms with Crippen molar-refractivity contribution in [2.75, 3.05) is 11.9 Å². The van der Waals surface area contributed by atoms with Gasteiger partial charge in [0, 0.05) is 17.3 Å². The van der Waals surface area contributed by atoms with Gasteiger partial charge in [-0.2, -0.15) is 0 Å². The Hall–Kier alpha value is -1.96. The number of thiocarbonyl (C=S) groups is 1. The molecule has 1 aromatic carbocycles. The van der Waals surface area contributed by atoms with Gasteiger partial charge in [0.05, 0.1) is 11.4 Å². The van der Waals surface area contributed by atoms with Gasteiger partial charge in [-0.25, -0.2) is 0 Å². The van der Waals surface area contributed by atoms with Crippen LogP contribution in [0.2, 0.25) is 5.02 Å². The quantitative estimate of drug-likeness (QED) is 0.555. The first-order valence-corrected chi connectivity index (χ1v) is 9.91. The zero-order valence-corrected chi connectivity index (χ0v) is 16.9. The van der Waals surface area contributed by atoms with E-state index >= 15 is 0 Å². The average molecular weight is 407 g/mol. The van der Waals surface area contributed by atoms with Crippen LogP contribution in [-0.2, 0) is 6.54 Å². The lowest BCUT2D eigenvalue weighted by Crippen LogP contribution is -2.35. The number of thiophene rings is 1. The van der Waals surface area contributed by atoms with E-state index in [-0.39, 0.29) is 0 Å². The zero-order chi connectivity index (χ0) is 18.5. The van der Waals surface area contributed by atoms with Crippen molar-refractivity contribution >= 4 is 46.0 Å². The monoisotopic (exact) mass is 406 g/mol. The van der Waals surface area contributed by atoms with Crippen LogP contribution >= 0.6 is 35.2 Å². The second kappa shape index (κ2) is 8.62. The molecule has 2 aromatic heterocycles. The largest absolute Gasteiger partial charge is 0.418 e. The fourth-order valence-electron chi connectivity index (χ4n) is 2.38. The predicted molar refractivity (Wildman–Crippen MR) is 111 cm³/mol. The summed E-state index contributed by atoms with van der Waals surface area (Å²) in [5, 5.41) is 14.8. The maximum atomic E-state index is 6.19. The van der Waals surface area contributed by atoms with Crippen LogP contribution in [-0.4, -0.2) is 26.8 Å². The molecule has 0 radical (unpaired) electrons. The highest BCUT2D eigenvalue weighted by atomic mass is 35.5. The van der Waals surface area contributed by atoms with E-state index in [1.807, 2.05) is 47.5 Å². The molecule has 1 N–H and O–H groups in total. The van der Waals surface area contributed by atoms with Gasteiger partial charge in [-0.3, -0.25) is 0 Å². The summed E-state index contributed by atoms with van der Waals surface area (Å²) in [6, 6.07) is 9.70. The summed E-state index contributed by atoms with van der Waals surface area (Å²) in [5.41, 5.74) is 1.89. The Labute approximate surface area is 167 Å². The van der Waals surface area contributed by atoms with Crippen molar-refractivity contribution in [1.29, 1.82) is 0 Å². The molecule has 5 nitrogen and oxygen atoms in total. The molecule has 2 heterocycles. The van der Waals surface area contributed by atoms with Gasteiger partial charge >= 0.3 is 0 Å². The molecule has 0 aliphatic rings. The SMILES string of the molecule is CCCN(Cc1nnc(-c2cccs2)o1)C(=S)Nc1ccc(C)c(Cl)c1. The van der Waals surface area contributed by atoms with Crippen molar-refractivity contribution in [1.82, 2.24) is 15.1 Å². The molecule has 26 heavy (non-hydrogen) atoms. The van der Waals surface area contributed by atoms with Gasteiger partial charge < -0.3 is 14.6 Å². The Morgan fingerprint density at radius 2 is 2.19 bits per heavy atom. The van der Waals surface area contributed by atoms with Crippen molar-refractivity contribution in [2.45, 2.75) is 26.8 Å². The molecule has 8 heteroatoms. The highest BCUT2D eigenvalue weighted by Gasteiger charge is 2.16. The van der Waals surface area contributed by atoms with Crippen LogP contribution in [0.4, 0.5) is 5.69 Å². The summed E-state index contributed by atoms with van der Waals surface area (Å²) in [6.45, 7) is 5.30. The number of hydrogen-bond acceptors (Lipinski definition) is 5. The Kier molecular flexibility index (Phi) is 6.24. The summed E-state index contributed by atoms with van der Waals surface area (Å²) < 4.78 is 5.78. The minimum absolute atomic E-state index is 0.456. The molecule has 0 atom stereocenters. The van der Waals surface area contributed by atoms with Crippen LogP contribution in [0.1, 0.15) is 24.8 Å². The standard InChI is InChI=1S/C18H19ClN4OS2/c1-3-8-23(18(25)20-13-7-6-12(2)14(19)10-13)11-16-21-22-17(24-16)15-5-4-9-26-15/h4-7,9-10H,3,8,11H2,1-2H3,(H,20,25). The van der Waals surface area contributed by atoms with Crippen LogP contribution in [0.5, 0.6) is 0 Å². The summed E-state index contributed by atoms with van der Waals surface area (Å²) in [7, 11) is 0. The number of hydrogen-bond donors (Lipinski definition) is 1. The number of nitrogens with zero attached hydrogens (tertiary/aromatic N) is 3. The number of aryl methyl sites for hydroxylation is 1. The zero-order valence-electron chi connectivity index (χ0n) is 14.5. The number of benzene rings is 1. The summed E-state index contributed by atoms with van der Waals surface area (Å²) in [6.07, 6.45) is 0.947. The lowest BCUT2D eigenvalue weighted by molar-refractivity contribution is 0.359. The summed E-state index contributed by atoms with van der Waals surface area (Å²) in [4.78, 5) is 2.97. The van der Waals surface area contributed by atoms with E-state index in [9.17, 15) is 0 Å². The van der Waals surface area contributed by atoms with Crippen LogP contribution in [0, 0.1) is 6.92 Å². The molecule has 0 aliphatic carbocycles. The van der Waals surface area contributed by atoms with E-state index < -0.39 is 0 Å². The lowest BCUT2D eigenvalue weighted by atomic mass is 10.2. The second-order valence-corrected chi connectivity index (χ2v) is 7.54. The molecule has 0 saturated heterocycles. The van der Waals surface area contributed by atoms with Gasteiger partial charge in [0.2, 0.25) is 5.89 Å². The Morgan fingerprint density at radius 3 is 2.88 bits per heavy atom. The van der Waals surface area contributed by atoms with Gasteiger partial charge in [0.25, 0.3) is 5.89 Å². The fraction of sp³-hybridized carbons (Fsp3) is 0.278. The van der Waals surface area contributed by atoms with Crippen molar-refractivity contribution in [3.8, 4) is 10.8 Å². The van der Waals surface area contributed by atoms with Crippen molar-refractivity contribution in [2.24, 2.45) is 0 Å². The maximum absolute atomic E-state index is 6.19. The van der Waals surface area contributed by atoms with E-state index in [1.165, 1.54) is 0 Å². The van der Waals surface area contributed by atoms with E-state index in [0.717, 1.165) is 29.1 Å². The van der Waals surface area contributed by atoms with Gasteiger partial charge in [0.1, 0.15) is 0 Å². The highest BCUT2D eigenvalue weighted by molar-refractivity contribution is 7.80. The predicted octanol–water partition coefficient (Wildman–Crippen LogP) is 5.37. The van der Waals surface area contributed by atoms with E-state index in [1.54, 1.807) is 11.3 Å². The third kappa shape index (κ3) is 4.60.